The Labute approximate surface area is 93.2 Å². The van der Waals surface area contributed by atoms with Crippen molar-refractivity contribution in [3.8, 4) is 5.75 Å². The monoisotopic (exact) mass is 233 g/mol. The average molecular weight is 234 g/mol. The fraction of sp³-hybridized carbons (Fsp3) is 0.333. The zero-order chi connectivity index (χ0) is 10.6. The summed E-state index contributed by atoms with van der Waals surface area (Å²) >= 11 is 11.4. The van der Waals surface area contributed by atoms with Crippen LogP contribution in [0, 0.1) is 6.92 Å². The number of halogens is 2. The Bertz CT molecular complexity index is 307. The van der Waals surface area contributed by atoms with Crippen LogP contribution < -0.4 is 10.5 Å². The maximum atomic E-state index is 5.74. The number of hydrogen-bond donors (Lipinski definition) is 1. The first-order valence-electron chi connectivity index (χ1n) is 4.12. The summed E-state index contributed by atoms with van der Waals surface area (Å²) in [5.41, 5.74) is 5.62. The number of ether oxygens (including phenoxy) is 1. The van der Waals surface area contributed by atoms with E-state index in [-0.39, 0.29) is 11.2 Å². The molecule has 14 heavy (non-hydrogen) atoms. The van der Waals surface area contributed by atoms with Crippen molar-refractivity contribution in [1.82, 2.24) is 4.98 Å². The van der Waals surface area contributed by atoms with E-state index in [1.54, 1.807) is 6.07 Å². The molecular weight excluding hydrogens is 223 g/mol. The van der Waals surface area contributed by atoms with Crippen molar-refractivity contribution in [1.29, 1.82) is 0 Å². The summed E-state index contributed by atoms with van der Waals surface area (Å²) in [6, 6.07) is 1.52. The van der Waals surface area contributed by atoms with Crippen LogP contribution in [0.15, 0.2) is 12.3 Å². The molecule has 2 N–H and O–H groups in total. The van der Waals surface area contributed by atoms with Crippen LogP contribution in [-0.2, 0) is 0 Å². The first-order valence-corrected chi connectivity index (χ1v) is 4.87. The molecule has 1 heterocycles. The Balaban J connectivity index is 2.55. The topological polar surface area (TPSA) is 48.1 Å². The SMILES string of the molecule is [CH2]CC(N)COc1cnc(Cl)c(Cl)c1. The summed E-state index contributed by atoms with van der Waals surface area (Å²) in [4.78, 5) is 3.83. The van der Waals surface area contributed by atoms with E-state index >= 15 is 0 Å². The van der Waals surface area contributed by atoms with Gasteiger partial charge in [-0.25, -0.2) is 4.98 Å². The minimum Gasteiger partial charge on any atom is -0.490 e. The summed E-state index contributed by atoms with van der Waals surface area (Å²) in [7, 11) is 0. The molecule has 0 bridgehead atoms. The summed E-state index contributed by atoms with van der Waals surface area (Å²) in [5.74, 6) is 0.559. The van der Waals surface area contributed by atoms with Gasteiger partial charge in [0.15, 0.2) is 0 Å². The van der Waals surface area contributed by atoms with Gasteiger partial charge in [0.1, 0.15) is 17.5 Å². The Morgan fingerprint density at radius 2 is 2.29 bits per heavy atom. The van der Waals surface area contributed by atoms with Crippen LogP contribution >= 0.6 is 23.2 Å². The lowest BCUT2D eigenvalue weighted by Crippen LogP contribution is -2.26. The van der Waals surface area contributed by atoms with E-state index in [1.165, 1.54) is 6.20 Å². The zero-order valence-corrected chi connectivity index (χ0v) is 9.05. The fourth-order valence-electron chi connectivity index (χ4n) is 0.769. The van der Waals surface area contributed by atoms with Crippen LogP contribution in [0.4, 0.5) is 0 Å². The molecule has 1 aromatic rings. The van der Waals surface area contributed by atoms with Gasteiger partial charge in [0.2, 0.25) is 0 Å². The van der Waals surface area contributed by atoms with Gasteiger partial charge in [0.25, 0.3) is 0 Å². The average Bonchev–Trinajstić information content (AvgIpc) is 2.19. The molecule has 0 aromatic carbocycles. The van der Waals surface area contributed by atoms with Gasteiger partial charge in [-0.15, -0.1) is 0 Å². The van der Waals surface area contributed by atoms with E-state index < -0.39 is 0 Å². The summed E-state index contributed by atoms with van der Waals surface area (Å²) in [5, 5.41) is 0.632. The molecule has 5 heteroatoms. The maximum absolute atomic E-state index is 5.74. The predicted octanol–water partition coefficient (Wildman–Crippen LogP) is 2.32. The minimum absolute atomic E-state index is 0.0792. The van der Waals surface area contributed by atoms with Crippen LogP contribution in [0.5, 0.6) is 5.75 Å². The summed E-state index contributed by atoms with van der Waals surface area (Å²) in [6.45, 7) is 4.05. The second-order valence-corrected chi connectivity index (χ2v) is 3.57. The van der Waals surface area contributed by atoms with Crippen molar-refractivity contribution in [2.75, 3.05) is 6.61 Å². The lowest BCUT2D eigenvalue weighted by molar-refractivity contribution is 0.288. The number of rotatable bonds is 4. The van der Waals surface area contributed by atoms with Crippen LogP contribution in [0.3, 0.4) is 0 Å². The standard InChI is InChI=1S/C9H11Cl2N2O/c1-2-6(12)5-14-7-3-8(10)9(11)13-4-7/h3-4,6H,1-2,5,12H2. The lowest BCUT2D eigenvalue weighted by atomic mass is 10.3. The number of pyridine rings is 1. The number of nitrogens with two attached hydrogens (primary N) is 1. The molecule has 0 aliphatic heterocycles. The quantitative estimate of drug-likeness (QED) is 0.813. The van der Waals surface area contributed by atoms with E-state index in [0.29, 0.717) is 23.8 Å². The van der Waals surface area contributed by atoms with Crippen molar-refractivity contribution >= 4 is 23.2 Å². The van der Waals surface area contributed by atoms with Gasteiger partial charge < -0.3 is 10.5 Å². The first kappa shape index (κ1) is 11.6. The normalized spacial score (nSPS) is 12.6. The highest BCUT2D eigenvalue weighted by Crippen LogP contribution is 2.23. The van der Waals surface area contributed by atoms with Crippen molar-refractivity contribution in [2.45, 2.75) is 12.5 Å². The molecule has 1 unspecified atom stereocenters. The molecule has 1 rings (SSSR count). The number of nitrogens with zero attached hydrogens (tertiary/aromatic N) is 1. The van der Waals surface area contributed by atoms with Crippen molar-refractivity contribution in [2.24, 2.45) is 5.73 Å². The molecule has 0 spiro atoms. The highest BCUT2D eigenvalue weighted by atomic mass is 35.5. The lowest BCUT2D eigenvalue weighted by Gasteiger charge is -2.10. The Kier molecular flexibility index (Phi) is 4.45. The van der Waals surface area contributed by atoms with Crippen molar-refractivity contribution < 1.29 is 4.74 Å². The molecule has 1 atom stereocenters. The van der Waals surface area contributed by atoms with E-state index in [2.05, 4.69) is 11.9 Å². The van der Waals surface area contributed by atoms with Crippen molar-refractivity contribution in [3.05, 3.63) is 29.4 Å². The Morgan fingerprint density at radius 1 is 1.57 bits per heavy atom. The summed E-state index contributed by atoms with van der Waals surface area (Å²) in [6.07, 6.45) is 2.12. The highest BCUT2D eigenvalue weighted by Gasteiger charge is 2.04. The van der Waals surface area contributed by atoms with Gasteiger partial charge in [-0.2, -0.15) is 0 Å². The molecule has 1 radical (unpaired) electrons. The van der Waals surface area contributed by atoms with E-state index in [4.69, 9.17) is 33.7 Å². The second-order valence-electron chi connectivity index (χ2n) is 2.80. The Morgan fingerprint density at radius 3 is 2.86 bits per heavy atom. The van der Waals surface area contributed by atoms with Crippen LogP contribution in [-0.4, -0.2) is 17.6 Å². The first-order chi connectivity index (χ1) is 6.63. The molecule has 0 aliphatic carbocycles. The van der Waals surface area contributed by atoms with Gasteiger partial charge >= 0.3 is 0 Å². The zero-order valence-electron chi connectivity index (χ0n) is 7.54. The third-order valence-corrected chi connectivity index (χ3v) is 2.29. The molecular formula is C9H11Cl2N2O. The van der Waals surface area contributed by atoms with E-state index in [1.807, 2.05) is 0 Å². The van der Waals surface area contributed by atoms with Gasteiger partial charge in [-0.3, -0.25) is 0 Å². The molecule has 0 fully saturated rings. The van der Waals surface area contributed by atoms with Gasteiger partial charge in [-0.05, 0) is 6.42 Å². The van der Waals surface area contributed by atoms with E-state index in [0.717, 1.165) is 0 Å². The largest absolute Gasteiger partial charge is 0.490 e. The summed E-state index contributed by atoms with van der Waals surface area (Å²) < 4.78 is 5.32. The van der Waals surface area contributed by atoms with Gasteiger partial charge in [0.05, 0.1) is 11.2 Å². The van der Waals surface area contributed by atoms with Crippen molar-refractivity contribution in [3.63, 3.8) is 0 Å². The van der Waals surface area contributed by atoms with Gasteiger partial charge in [-0.1, -0.05) is 30.1 Å². The highest BCUT2D eigenvalue weighted by molar-refractivity contribution is 6.41. The number of aromatic nitrogens is 1. The molecule has 3 nitrogen and oxygen atoms in total. The van der Waals surface area contributed by atoms with Crippen LogP contribution in [0.2, 0.25) is 10.2 Å². The third-order valence-electron chi connectivity index (χ3n) is 1.61. The minimum atomic E-state index is -0.0792. The van der Waals surface area contributed by atoms with E-state index in [9.17, 15) is 0 Å². The molecule has 0 amide bonds. The molecule has 0 saturated carbocycles. The molecule has 0 saturated heterocycles. The molecule has 0 aliphatic rings. The van der Waals surface area contributed by atoms with Crippen LogP contribution in [0.1, 0.15) is 6.42 Å². The van der Waals surface area contributed by atoms with Gasteiger partial charge in [0, 0.05) is 12.1 Å². The number of hydrogen-bond acceptors (Lipinski definition) is 3. The second kappa shape index (κ2) is 5.39. The fourth-order valence-corrected chi connectivity index (χ4v) is 1.03. The Hall–Kier alpha value is -0.510. The molecule has 77 valence electrons. The smallest absolute Gasteiger partial charge is 0.147 e. The van der Waals surface area contributed by atoms with Crippen LogP contribution in [0.25, 0.3) is 0 Å². The predicted molar refractivity (Wildman–Crippen MR) is 57.7 cm³/mol. The third kappa shape index (κ3) is 3.33. The maximum Gasteiger partial charge on any atom is 0.147 e. The molecule has 1 aromatic heterocycles.